The lowest BCUT2D eigenvalue weighted by Gasteiger charge is -2.10. The Kier molecular flexibility index (Phi) is 6.36. The van der Waals surface area contributed by atoms with E-state index in [1.54, 1.807) is 6.07 Å². The molecular formula is C17H17ClN2O5S. The number of hydrogen-bond acceptors (Lipinski definition) is 5. The van der Waals surface area contributed by atoms with E-state index >= 15 is 0 Å². The predicted octanol–water partition coefficient (Wildman–Crippen LogP) is 2.58. The molecule has 0 atom stereocenters. The van der Waals surface area contributed by atoms with Crippen LogP contribution in [0.4, 0.5) is 11.4 Å². The maximum absolute atomic E-state index is 12.3. The fourth-order valence-corrected chi connectivity index (χ4v) is 2.98. The topological polar surface area (TPSA) is 102 Å². The molecule has 0 aliphatic carbocycles. The molecule has 0 unspecified atom stereocenters. The highest BCUT2D eigenvalue weighted by molar-refractivity contribution is 7.90. The summed E-state index contributed by atoms with van der Waals surface area (Å²) in [6.07, 6.45) is 1.07. The SMILES string of the molecule is COCC(=O)Nc1ccc(NC(=O)c2cccc(S(C)(=O)=O)c2)c(Cl)c1. The van der Waals surface area contributed by atoms with Gasteiger partial charge >= 0.3 is 0 Å². The minimum atomic E-state index is -3.42. The van der Waals surface area contributed by atoms with Crippen LogP contribution < -0.4 is 10.6 Å². The number of anilines is 2. The van der Waals surface area contributed by atoms with Gasteiger partial charge in [0.25, 0.3) is 5.91 Å². The lowest BCUT2D eigenvalue weighted by atomic mass is 10.2. The van der Waals surface area contributed by atoms with Crippen molar-refractivity contribution in [3.8, 4) is 0 Å². The van der Waals surface area contributed by atoms with E-state index in [2.05, 4.69) is 10.6 Å². The summed E-state index contributed by atoms with van der Waals surface area (Å²) in [5, 5.41) is 5.42. The third kappa shape index (κ3) is 5.29. The summed E-state index contributed by atoms with van der Waals surface area (Å²) in [7, 11) is -2.01. The first-order valence-electron chi connectivity index (χ1n) is 7.40. The minimum absolute atomic E-state index is 0.0486. The highest BCUT2D eigenvalue weighted by atomic mass is 35.5. The van der Waals surface area contributed by atoms with E-state index in [0.717, 1.165) is 6.26 Å². The van der Waals surface area contributed by atoms with Gasteiger partial charge in [-0.25, -0.2) is 8.42 Å². The van der Waals surface area contributed by atoms with Crippen molar-refractivity contribution in [1.29, 1.82) is 0 Å². The molecule has 0 saturated carbocycles. The fourth-order valence-electron chi connectivity index (χ4n) is 2.08. The van der Waals surface area contributed by atoms with E-state index in [1.165, 1.54) is 43.5 Å². The van der Waals surface area contributed by atoms with Crippen molar-refractivity contribution >= 4 is 44.6 Å². The van der Waals surface area contributed by atoms with Crippen LogP contribution in [-0.4, -0.2) is 40.2 Å². The van der Waals surface area contributed by atoms with Gasteiger partial charge in [0.2, 0.25) is 5.91 Å². The quantitative estimate of drug-likeness (QED) is 0.781. The van der Waals surface area contributed by atoms with Crippen molar-refractivity contribution in [3.63, 3.8) is 0 Å². The van der Waals surface area contributed by atoms with Crippen LogP contribution in [0.3, 0.4) is 0 Å². The highest BCUT2D eigenvalue weighted by Crippen LogP contribution is 2.26. The summed E-state index contributed by atoms with van der Waals surface area (Å²) in [6.45, 7) is -0.0905. The molecule has 7 nitrogen and oxygen atoms in total. The number of ether oxygens (including phenoxy) is 1. The Balaban J connectivity index is 2.16. The van der Waals surface area contributed by atoms with E-state index in [9.17, 15) is 18.0 Å². The maximum atomic E-state index is 12.3. The van der Waals surface area contributed by atoms with Gasteiger partial charge in [0.05, 0.1) is 15.6 Å². The summed E-state index contributed by atoms with van der Waals surface area (Å²) >= 11 is 6.13. The molecule has 0 saturated heterocycles. The monoisotopic (exact) mass is 396 g/mol. The van der Waals surface area contributed by atoms with Gasteiger partial charge < -0.3 is 15.4 Å². The number of rotatable bonds is 6. The predicted molar refractivity (Wildman–Crippen MR) is 99.5 cm³/mol. The summed E-state index contributed by atoms with van der Waals surface area (Å²) < 4.78 is 27.9. The largest absolute Gasteiger partial charge is 0.375 e. The van der Waals surface area contributed by atoms with Gasteiger partial charge in [-0.2, -0.15) is 0 Å². The third-order valence-electron chi connectivity index (χ3n) is 3.30. The molecule has 0 bridgehead atoms. The molecule has 2 aromatic carbocycles. The van der Waals surface area contributed by atoms with E-state index in [0.29, 0.717) is 11.4 Å². The first-order chi connectivity index (χ1) is 12.2. The molecule has 2 rings (SSSR count). The van der Waals surface area contributed by atoms with Crippen molar-refractivity contribution in [2.75, 3.05) is 30.6 Å². The standard InChI is InChI=1S/C17H17ClN2O5S/c1-25-10-16(21)19-12-6-7-15(14(18)9-12)20-17(22)11-4-3-5-13(8-11)26(2,23)24/h3-9H,10H2,1-2H3,(H,19,21)(H,20,22). The van der Waals surface area contributed by atoms with Gasteiger partial charge in [-0.15, -0.1) is 0 Å². The zero-order valence-electron chi connectivity index (χ0n) is 14.1. The summed E-state index contributed by atoms with van der Waals surface area (Å²) in [5.41, 5.74) is 0.960. The smallest absolute Gasteiger partial charge is 0.255 e. The molecule has 9 heteroatoms. The maximum Gasteiger partial charge on any atom is 0.255 e. The number of amides is 2. The van der Waals surface area contributed by atoms with Crippen LogP contribution in [0, 0.1) is 0 Å². The second-order valence-corrected chi connectivity index (χ2v) is 7.85. The zero-order chi connectivity index (χ0) is 19.3. The number of benzene rings is 2. The molecule has 138 valence electrons. The number of nitrogens with one attached hydrogen (secondary N) is 2. The first-order valence-corrected chi connectivity index (χ1v) is 9.67. The van der Waals surface area contributed by atoms with Gasteiger partial charge in [-0.3, -0.25) is 9.59 Å². The Labute approximate surface area is 156 Å². The van der Waals surface area contributed by atoms with Crippen molar-refractivity contribution in [2.45, 2.75) is 4.90 Å². The molecule has 26 heavy (non-hydrogen) atoms. The van der Waals surface area contributed by atoms with E-state index in [4.69, 9.17) is 16.3 Å². The molecule has 2 amide bonds. The van der Waals surface area contributed by atoms with Crippen LogP contribution in [0.1, 0.15) is 10.4 Å². The Morgan fingerprint density at radius 1 is 1.12 bits per heavy atom. The highest BCUT2D eigenvalue weighted by Gasteiger charge is 2.13. The van der Waals surface area contributed by atoms with Crippen molar-refractivity contribution in [1.82, 2.24) is 0 Å². The van der Waals surface area contributed by atoms with Gasteiger partial charge in [0.1, 0.15) is 6.61 Å². The van der Waals surface area contributed by atoms with E-state index in [1.807, 2.05) is 0 Å². The molecular weight excluding hydrogens is 380 g/mol. The zero-order valence-corrected chi connectivity index (χ0v) is 15.6. The molecule has 0 aliphatic heterocycles. The summed E-state index contributed by atoms with van der Waals surface area (Å²) in [4.78, 5) is 23.9. The normalized spacial score (nSPS) is 11.0. The van der Waals surface area contributed by atoms with Crippen LogP contribution >= 0.6 is 11.6 Å². The fraction of sp³-hybridized carbons (Fsp3) is 0.176. The van der Waals surface area contributed by atoms with E-state index < -0.39 is 15.7 Å². The van der Waals surface area contributed by atoms with Gasteiger partial charge in [-0.05, 0) is 36.4 Å². The van der Waals surface area contributed by atoms with Crippen LogP contribution in [0.15, 0.2) is 47.4 Å². The number of carbonyl (C=O) groups is 2. The lowest BCUT2D eigenvalue weighted by Crippen LogP contribution is -2.17. The van der Waals surface area contributed by atoms with Gasteiger partial charge in [0.15, 0.2) is 9.84 Å². The Bertz CT molecular complexity index is 944. The molecule has 0 radical (unpaired) electrons. The number of hydrogen-bond donors (Lipinski definition) is 2. The summed E-state index contributed by atoms with van der Waals surface area (Å²) in [5.74, 6) is -0.841. The van der Waals surface area contributed by atoms with E-state index in [-0.39, 0.29) is 28.0 Å². The lowest BCUT2D eigenvalue weighted by molar-refractivity contribution is -0.119. The molecule has 2 aromatic rings. The minimum Gasteiger partial charge on any atom is -0.375 e. The third-order valence-corrected chi connectivity index (χ3v) is 4.72. The van der Waals surface area contributed by atoms with Crippen molar-refractivity contribution < 1.29 is 22.7 Å². The average Bonchev–Trinajstić information content (AvgIpc) is 2.57. The van der Waals surface area contributed by atoms with Crippen LogP contribution in [0.2, 0.25) is 5.02 Å². The average molecular weight is 397 g/mol. The first kappa shape index (κ1) is 19.9. The second-order valence-electron chi connectivity index (χ2n) is 5.43. The van der Waals surface area contributed by atoms with Crippen molar-refractivity contribution in [2.24, 2.45) is 0 Å². The summed E-state index contributed by atoms with van der Waals surface area (Å²) in [6, 6.07) is 10.3. The molecule has 0 aliphatic rings. The Hall–Kier alpha value is -2.42. The van der Waals surface area contributed by atoms with Gasteiger partial charge in [-0.1, -0.05) is 17.7 Å². The number of methoxy groups -OCH3 is 1. The number of carbonyl (C=O) groups excluding carboxylic acids is 2. The molecule has 0 heterocycles. The molecule has 0 fully saturated rings. The van der Waals surface area contributed by atoms with Crippen molar-refractivity contribution in [3.05, 3.63) is 53.1 Å². The Morgan fingerprint density at radius 3 is 2.46 bits per heavy atom. The molecule has 0 aromatic heterocycles. The van der Waals surface area contributed by atoms with Crippen LogP contribution in [-0.2, 0) is 19.4 Å². The van der Waals surface area contributed by atoms with Crippen LogP contribution in [0.25, 0.3) is 0 Å². The number of sulfone groups is 1. The Morgan fingerprint density at radius 2 is 1.85 bits per heavy atom. The molecule has 2 N–H and O–H groups in total. The van der Waals surface area contributed by atoms with Crippen LogP contribution in [0.5, 0.6) is 0 Å². The molecule has 0 spiro atoms. The number of halogens is 1. The second kappa shape index (κ2) is 8.31. The van der Waals surface area contributed by atoms with Gasteiger partial charge in [0, 0.05) is 24.6 Å².